The summed E-state index contributed by atoms with van der Waals surface area (Å²) in [5, 5.41) is 12.0. The van der Waals surface area contributed by atoms with Crippen LogP contribution in [0.1, 0.15) is 21.7 Å². The van der Waals surface area contributed by atoms with E-state index in [0.29, 0.717) is 22.8 Å². The second-order valence-electron chi connectivity index (χ2n) is 5.90. The quantitative estimate of drug-likeness (QED) is 0.615. The maximum atomic E-state index is 13.9. The van der Waals surface area contributed by atoms with Gasteiger partial charge in [0.2, 0.25) is 0 Å². The molecule has 152 valence electrons. The number of rotatable bonds is 5. The molecule has 29 heavy (non-hydrogen) atoms. The van der Waals surface area contributed by atoms with Crippen LogP contribution in [0.3, 0.4) is 0 Å². The largest absolute Gasteiger partial charge is 0.483 e. The number of aromatic nitrogens is 3. The van der Waals surface area contributed by atoms with E-state index in [1.165, 1.54) is 28.0 Å². The summed E-state index contributed by atoms with van der Waals surface area (Å²) in [4.78, 5) is 40.6. The molecule has 0 saturated heterocycles. The summed E-state index contributed by atoms with van der Waals surface area (Å²) < 4.78 is 15.3. The molecule has 2 N–H and O–H groups in total. The average molecular weight is 418 g/mol. The molecule has 3 aromatic rings. The second-order valence-corrected chi connectivity index (χ2v) is 6.79. The number of amides is 1. The molecule has 0 aliphatic heterocycles. The summed E-state index contributed by atoms with van der Waals surface area (Å²) in [5.74, 6) is -0.911. The van der Waals surface area contributed by atoms with Gasteiger partial charge in [0.15, 0.2) is 0 Å². The third-order valence-corrected chi connectivity index (χ3v) is 4.63. The lowest BCUT2D eigenvalue weighted by Crippen LogP contribution is -2.33. The van der Waals surface area contributed by atoms with Crippen LogP contribution in [-0.4, -0.2) is 38.6 Å². The van der Waals surface area contributed by atoms with E-state index >= 15 is 0 Å². The third-order valence-electron chi connectivity index (χ3n) is 3.81. The minimum Gasteiger partial charge on any atom is -0.483 e. The first kappa shape index (κ1) is 21.9. The van der Waals surface area contributed by atoms with E-state index in [-0.39, 0.29) is 24.3 Å². The number of benzene rings is 1. The van der Waals surface area contributed by atoms with Gasteiger partial charge in [-0.2, -0.15) is 4.98 Å². The molecule has 0 aliphatic carbocycles. The molecule has 0 bridgehead atoms. The highest BCUT2D eigenvalue weighted by molar-refractivity contribution is 7.13. The van der Waals surface area contributed by atoms with Gasteiger partial charge in [-0.15, -0.1) is 11.3 Å². The Bertz CT molecular complexity index is 1050. The van der Waals surface area contributed by atoms with Crippen LogP contribution in [0.2, 0.25) is 0 Å². The monoisotopic (exact) mass is 418 g/mol. The van der Waals surface area contributed by atoms with Crippen molar-refractivity contribution in [3.63, 3.8) is 0 Å². The predicted octanol–water partition coefficient (Wildman–Crippen LogP) is 2.25. The molecular formula is C19H19FN4O4S. The maximum Gasteiger partial charge on any atom is 0.348 e. The number of aryl methyl sites for hydroxylation is 2. The van der Waals surface area contributed by atoms with Gasteiger partial charge in [-0.05, 0) is 38.1 Å². The molecule has 2 heterocycles. The van der Waals surface area contributed by atoms with Crippen molar-refractivity contribution < 1.29 is 19.1 Å². The van der Waals surface area contributed by atoms with Crippen LogP contribution in [0.25, 0.3) is 10.6 Å². The standard InChI is InChI=1S/C18H17FN4O2S.CH2O2/c1-11-7-12(2)23(18(25)22-11)5-3-20-16(24)13-8-14(10-15(19)9-13)17-21-4-6-26-17;2-1-3/h4,6-10H,3,5H2,1-2H3,(H,20,24);1H,(H,2,3). The third kappa shape index (κ3) is 6.04. The van der Waals surface area contributed by atoms with Crippen molar-refractivity contribution in [3.05, 3.63) is 69.1 Å². The summed E-state index contributed by atoms with van der Waals surface area (Å²) >= 11 is 1.37. The molecule has 8 nitrogen and oxygen atoms in total. The van der Waals surface area contributed by atoms with Crippen molar-refractivity contribution in [1.29, 1.82) is 0 Å². The molecule has 1 aromatic carbocycles. The molecule has 3 rings (SSSR count). The summed E-state index contributed by atoms with van der Waals surface area (Å²) in [6.07, 6.45) is 1.63. The van der Waals surface area contributed by atoms with E-state index in [1.54, 1.807) is 30.6 Å². The van der Waals surface area contributed by atoms with E-state index in [4.69, 9.17) is 9.90 Å². The van der Waals surface area contributed by atoms with Crippen LogP contribution in [0.5, 0.6) is 0 Å². The number of thiazole rings is 1. The zero-order valence-electron chi connectivity index (χ0n) is 15.8. The number of nitrogens with one attached hydrogen (secondary N) is 1. The molecule has 0 atom stereocenters. The summed E-state index contributed by atoms with van der Waals surface area (Å²) in [7, 11) is 0. The number of halogens is 1. The minimum atomic E-state index is -0.502. The van der Waals surface area contributed by atoms with Gasteiger partial charge >= 0.3 is 5.69 Å². The van der Waals surface area contributed by atoms with Crippen LogP contribution < -0.4 is 11.0 Å². The minimum absolute atomic E-state index is 0.210. The van der Waals surface area contributed by atoms with Crippen LogP contribution in [0, 0.1) is 19.7 Å². The highest BCUT2D eigenvalue weighted by Crippen LogP contribution is 2.23. The van der Waals surface area contributed by atoms with Crippen LogP contribution in [0.4, 0.5) is 4.39 Å². The Morgan fingerprint density at radius 1 is 1.31 bits per heavy atom. The highest BCUT2D eigenvalue weighted by atomic mass is 32.1. The summed E-state index contributed by atoms with van der Waals surface area (Å²) in [5.41, 5.74) is 1.84. The van der Waals surface area contributed by atoms with Crippen molar-refractivity contribution in [1.82, 2.24) is 19.9 Å². The van der Waals surface area contributed by atoms with Crippen molar-refractivity contribution in [3.8, 4) is 10.6 Å². The average Bonchev–Trinajstić information content (AvgIpc) is 3.18. The molecule has 0 unspecified atom stereocenters. The van der Waals surface area contributed by atoms with E-state index < -0.39 is 11.7 Å². The maximum absolute atomic E-state index is 13.9. The highest BCUT2D eigenvalue weighted by Gasteiger charge is 2.11. The molecule has 0 radical (unpaired) electrons. The Morgan fingerprint density at radius 3 is 2.66 bits per heavy atom. The first-order valence-corrected chi connectivity index (χ1v) is 9.35. The Kier molecular flexibility index (Phi) is 7.72. The van der Waals surface area contributed by atoms with Gasteiger partial charge in [0.1, 0.15) is 10.8 Å². The zero-order valence-corrected chi connectivity index (χ0v) is 16.6. The Morgan fingerprint density at radius 2 is 2.03 bits per heavy atom. The van der Waals surface area contributed by atoms with Gasteiger partial charge in [-0.1, -0.05) is 0 Å². The lowest BCUT2D eigenvalue weighted by atomic mass is 10.1. The topological polar surface area (TPSA) is 114 Å². The number of carboxylic acid groups (broad SMARTS) is 1. The van der Waals surface area contributed by atoms with Crippen molar-refractivity contribution >= 4 is 23.7 Å². The van der Waals surface area contributed by atoms with Gasteiger partial charge in [-0.25, -0.2) is 14.2 Å². The Hall–Kier alpha value is -3.40. The number of hydrogen-bond acceptors (Lipinski definition) is 6. The van der Waals surface area contributed by atoms with Crippen LogP contribution in [-0.2, 0) is 11.3 Å². The number of carbonyl (C=O) groups is 2. The molecule has 1 amide bonds. The van der Waals surface area contributed by atoms with Crippen LogP contribution >= 0.6 is 11.3 Å². The van der Waals surface area contributed by atoms with Gasteiger partial charge in [0.05, 0.1) is 0 Å². The van der Waals surface area contributed by atoms with Crippen LogP contribution in [0.15, 0.2) is 40.6 Å². The fourth-order valence-corrected chi connectivity index (χ4v) is 3.27. The molecule has 0 saturated carbocycles. The van der Waals surface area contributed by atoms with Gasteiger partial charge in [0, 0.05) is 47.2 Å². The summed E-state index contributed by atoms with van der Waals surface area (Å²) in [6.45, 7) is 3.83. The number of hydrogen-bond donors (Lipinski definition) is 2. The molecule has 0 spiro atoms. The fraction of sp³-hybridized carbons (Fsp3) is 0.211. The van der Waals surface area contributed by atoms with Crippen molar-refractivity contribution in [2.75, 3.05) is 6.54 Å². The summed E-state index contributed by atoms with van der Waals surface area (Å²) in [6, 6.07) is 5.92. The first-order valence-electron chi connectivity index (χ1n) is 8.47. The predicted molar refractivity (Wildman–Crippen MR) is 107 cm³/mol. The smallest absolute Gasteiger partial charge is 0.348 e. The normalized spacial score (nSPS) is 10.0. The first-order chi connectivity index (χ1) is 13.8. The van der Waals surface area contributed by atoms with E-state index in [0.717, 1.165) is 5.69 Å². The van der Waals surface area contributed by atoms with E-state index in [1.807, 2.05) is 6.92 Å². The van der Waals surface area contributed by atoms with Gasteiger partial charge in [0.25, 0.3) is 12.4 Å². The number of nitrogens with zero attached hydrogens (tertiary/aromatic N) is 3. The molecular weight excluding hydrogens is 399 g/mol. The molecule has 0 fully saturated rings. The van der Waals surface area contributed by atoms with E-state index in [2.05, 4.69) is 15.3 Å². The Balaban J connectivity index is 0.000000941. The van der Waals surface area contributed by atoms with Crippen molar-refractivity contribution in [2.45, 2.75) is 20.4 Å². The molecule has 0 aliphatic rings. The number of carbonyl (C=O) groups excluding carboxylic acids is 1. The van der Waals surface area contributed by atoms with Gasteiger partial charge < -0.3 is 10.4 Å². The van der Waals surface area contributed by atoms with Gasteiger partial charge in [-0.3, -0.25) is 14.2 Å². The second kappa shape index (κ2) is 10.2. The van der Waals surface area contributed by atoms with E-state index in [9.17, 15) is 14.0 Å². The Labute approximate surface area is 169 Å². The van der Waals surface area contributed by atoms with Crippen molar-refractivity contribution in [2.24, 2.45) is 0 Å². The fourth-order valence-electron chi connectivity index (χ4n) is 2.64. The zero-order chi connectivity index (χ0) is 21.4. The lowest BCUT2D eigenvalue weighted by molar-refractivity contribution is -0.122. The lowest BCUT2D eigenvalue weighted by Gasteiger charge is -2.11. The SMILES string of the molecule is Cc1cc(C)n(CCNC(=O)c2cc(F)cc(-c3nccs3)c2)c(=O)n1.O=CO. The molecule has 2 aromatic heterocycles. The molecule has 10 heteroatoms.